The van der Waals surface area contributed by atoms with Gasteiger partial charge in [0.05, 0.1) is 43.2 Å². The molecule has 270 valence electrons. The van der Waals surface area contributed by atoms with Crippen LogP contribution in [-0.2, 0) is 33.4 Å². The third kappa shape index (κ3) is 7.52. The summed E-state index contributed by atoms with van der Waals surface area (Å²) in [5.74, 6) is -3.87. The van der Waals surface area contributed by atoms with Gasteiger partial charge in [0, 0.05) is 30.9 Å². The predicted octanol–water partition coefficient (Wildman–Crippen LogP) is 3.95. The van der Waals surface area contributed by atoms with E-state index in [0.29, 0.717) is 24.8 Å². The highest BCUT2D eigenvalue weighted by Crippen LogP contribution is 2.61. The van der Waals surface area contributed by atoms with Crippen molar-refractivity contribution in [3.63, 3.8) is 0 Å². The third-order valence-corrected chi connectivity index (χ3v) is 11.2. The number of allylic oxidation sites excluding steroid dienone is 1. The lowest BCUT2D eigenvalue weighted by Gasteiger charge is -2.41. The second-order valence-electron chi connectivity index (χ2n) is 13.6. The Morgan fingerprint density at radius 3 is 2.47 bits per heavy atom. The van der Waals surface area contributed by atoms with Crippen LogP contribution in [0.1, 0.15) is 65.0 Å². The van der Waals surface area contributed by atoms with E-state index >= 15 is 0 Å². The first-order chi connectivity index (χ1) is 23.4. The summed E-state index contributed by atoms with van der Waals surface area (Å²) < 4.78 is 18.5. The van der Waals surface area contributed by atoms with Crippen molar-refractivity contribution in [2.45, 2.75) is 100 Å². The van der Waals surface area contributed by atoms with Crippen LogP contribution in [0.3, 0.4) is 0 Å². The van der Waals surface area contributed by atoms with Gasteiger partial charge in [-0.2, -0.15) is 0 Å². The molecule has 3 aliphatic rings. The Morgan fingerprint density at radius 1 is 1.20 bits per heavy atom. The summed E-state index contributed by atoms with van der Waals surface area (Å²) in [5.41, 5.74) is -0.698. The Morgan fingerprint density at radius 2 is 1.90 bits per heavy atom. The van der Waals surface area contributed by atoms with E-state index in [1.54, 1.807) is 29.2 Å². The SMILES string of the molecule is C=CCCC(=O)N[C@@H](COC)[C@@H](OC(=O)[C@H]1[C@@H]2O[C@@]3(CC2Br)[C@@H]1C(=O)N([C@@H](CO)[C@@H](C)CC)[C@@H]3C(=O)N(CC=C)C(C)C)c1ccccc1. The van der Waals surface area contributed by atoms with E-state index in [1.165, 1.54) is 12.0 Å². The fraction of sp³-hybridized carbons (Fsp3) is 0.622. The average molecular weight is 747 g/mol. The maximum Gasteiger partial charge on any atom is 0.313 e. The number of fused-ring (bicyclic) bond motifs is 1. The normalized spacial score (nSPS) is 28.0. The zero-order valence-electron chi connectivity index (χ0n) is 29.3. The van der Waals surface area contributed by atoms with Crippen molar-refractivity contribution in [3.05, 3.63) is 61.2 Å². The first-order valence-electron chi connectivity index (χ1n) is 17.2. The summed E-state index contributed by atoms with van der Waals surface area (Å²) in [6.45, 7) is 15.2. The summed E-state index contributed by atoms with van der Waals surface area (Å²) in [5, 5.41) is 13.6. The molecule has 11 nitrogen and oxygen atoms in total. The monoisotopic (exact) mass is 745 g/mol. The standard InChI is InChI=1S/C37H52BrN3O8/c1-8-11-17-28(43)39-26(21-47-7)31(24-15-13-12-14-16-24)48-36(46)29-30-34(44)41(27(20-42)23(6)10-3)33(35(45)40(18-9-2)22(4)5)37(30)19-25(38)32(29)49-37/h8-9,12-16,22-23,25-27,29-33,42H,1-2,10-11,17-21H2,3-7H3,(H,39,43)/t23-,25?,26-,27-,29+,30-,31-,32+,33+,37-/m0/s1. The lowest BCUT2D eigenvalue weighted by molar-refractivity contribution is -0.163. The highest BCUT2D eigenvalue weighted by molar-refractivity contribution is 9.09. The van der Waals surface area contributed by atoms with Crippen molar-refractivity contribution >= 4 is 39.6 Å². The van der Waals surface area contributed by atoms with Crippen molar-refractivity contribution in [2.24, 2.45) is 17.8 Å². The minimum absolute atomic E-state index is 0.0520. The van der Waals surface area contributed by atoms with E-state index in [0.717, 1.165) is 0 Å². The number of hydrogen-bond acceptors (Lipinski definition) is 8. The number of amides is 3. The minimum atomic E-state index is -1.33. The predicted molar refractivity (Wildman–Crippen MR) is 188 cm³/mol. The van der Waals surface area contributed by atoms with Crippen LogP contribution < -0.4 is 5.32 Å². The van der Waals surface area contributed by atoms with E-state index in [2.05, 4.69) is 34.4 Å². The topological polar surface area (TPSA) is 135 Å². The number of carbonyl (C=O) groups is 4. The smallest absolute Gasteiger partial charge is 0.313 e. The van der Waals surface area contributed by atoms with E-state index in [9.17, 15) is 24.3 Å². The zero-order chi connectivity index (χ0) is 36.0. The van der Waals surface area contributed by atoms with Gasteiger partial charge in [-0.3, -0.25) is 19.2 Å². The molecule has 1 aromatic carbocycles. The molecule has 3 fully saturated rings. The second-order valence-corrected chi connectivity index (χ2v) is 14.8. The van der Waals surface area contributed by atoms with Crippen molar-refractivity contribution in [1.29, 1.82) is 0 Å². The van der Waals surface area contributed by atoms with Gasteiger partial charge in [-0.25, -0.2) is 0 Å². The molecule has 12 heteroatoms. The molecule has 3 heterocycles. The van der Waals surface area contributed by atoms with Gasteiger partial charge in [0.15, 0.2) is 0 Å². The van der Waals surface area contributed by atoms with Gasteiger partial charge in [0.25, 0.3) is 0 Å². The summed E-state index contributed by atoms with van der Waals surface area (Å²) in [4.78, 5) is 59.6. The van der Waals surface area contributed by atoms with Gasteiger partial charge in [-0.05, 0) is 38.2 Å². The number of halogens is 1. The van der Waals surface area contributed by atoms with Gasteiger partial charge >= 0.3 is 5.97 Å². The van der Waals surface area contributed by atoms with Gasteiger partial charge in [0.2, 0.25) is 17.7 Å². The second kappa shape index (κ2) is 16.8. The van der Waals surface area contributed by atoms with Crippen LogP contribution in [0, 0.1) is 17.8 Å². The number of carbonyl (C=O) groups excluding carboxylic acids is 4. The number of methoxy groups -OCH3 is 1. The number of ether oxygens (including phenoxy) is 3. The number of aliphatic hydroxyl groups excluding tert-OH is 1. The van der Waals surface area contributed by atoms with Crippen molar-refractivity contribution in [1.82, 2.24) is 15.1 Å². The fourth-order valence-corrected chi connectivity index (χ4v) is 8.71. The first-order valence-corrected chi connectivity index (χ1v) is 18.1. The Kier molecular flexibility index (Phi) is 13.3. The minimum Gasteiger partial charge on any atom is -0.455 e. The number of hydrogen-bond donors (Lipinski definition) is 2. The molecule has 0 radical (unpaired) electrons. The number of likely N-dealkylation sites (tertiary alicyclic amines) is 1. The molecule has 0 aromatic heterocycles. The average Bonchev–Trinajstić information content (AvgIpc) is 3.68. The molecule has 3 aliphatic heterocycles. The number of esters is 1. The number of rotatable bonds is 18. The molecule has 0 aliphatic carbocycles. The van der Waals surface area contributed by atoms with Crippen LogP contribution >= 0.6 is 15.9 Å². The summed E-state index contributed by atoms with van der Waals surface area (Å²) in [6, 6.07) is 6.37. The lowest BCUT2D eigenvalue weighted by Crippen LogP contribution is -2.60. The Labute approximate surface area is 298 Å². The van der Waals surface area contributed by atoms with E-state index in [-0.39, 0.29) is 54.8 Å². The number of alkyl halides is 1. The van der Waals surface area contributed by atoms with Crippen LogP contribution in [0.5, 0.6) is 0 Å². The van der Waals surface area contributed by atoms with Crippen LogP contribution in [-0.4, -0.2) is 106 Å². The molecule has 49 heavy (non-hydrogen) atoms. The molecule has 1 unspecified atom stereocenters. The van der Waals surface area contributed by atoms with Crippen molar-refractivity contribution in [2.75, 3.05) is 26.9 Å². The maximum absolute atomic E-state index is 14.8. The van der Waals surface area contributed by atoms with Crippen molar-refractivity contribution < 1.29 is 38.5 Å². The van der Waals surface area contributed by atoms with E-state index in [4.69, 9.17) is 14.2 Å². The van der Waals surface area contributed by atoms with Crippen LogP contribution in [0.25, 0.3) is 0 Å². The quantitative estimate of drug-likeness (QED) is 0.131. The highest BCUT2D eigenvalue weighted by atomic mass is 79.9. The first kappa shape index (κ1) is 38.7. The molecule has 3 saturated heterocycles. The van der Waals surface area contributed by atoms with Crippen LogP contribution in [0.15, 0.2) is 55.6 Å². The number of benzene rings is 1. The van der Waals surface area contributed by atoms with E-state index in [1.807, 2.05) is 45.9 Å². The molecule has 10 atom stereocenters. The molecular weight excluding hydrogens is 694 g/mol. The van der Waals surface area contributed by atoms with Crippen LogP contribution in [0.2, 0.25) is 0 Å². The molecule has 4 rings (SSSR count). The Hall–Kier alpha value is -3.06. The van der Waals surface area contributed by atoms with Crippen molar-refractivity contribution in [3.8, 4) is 0 Å². The molecule has 2 N–H and O–H groups in total. The number of nitrogens with one attached hydrogen (secondary N) is 1. The summed E-state index contributed by atoms with van der Waals surface area (Å²) in [6.07, 6.45) is 3.24. The van der Waals surface area contributed by atoms with E-state index < -0.39 is 59.6 Å². The van der Waals surface area contributed by atoms with Gasteiger partial charge in [-0.1, -0.05) is 78.7 Å². The third-order valence-electron chi connectivity index (χ3n) is 10.3. The van der Waals surface area contributed by atoms with Gasteiger partial charge in [-0.15, -0.1) is 13.2 Å². The molecule has 1 spiro atoms. The largest absolute Gasteiger partial charge is 0.455 e. The van der Waals surface area contributed by atoms with Gasteiger partial charge in [0.1, 0.15) is 17.7 Å². The number of aliphatic hydroxyl groups is 1. The molecular formula is C37H52BrN3O8. The zero-order valence-corrected chi connectivity index (χ0v) is 30.8. The summed E-state index contributed by atoms with van der Waals surface area (Å²) in [7, 11) is 1.50. The van der Waals surface area contributed by atoms with Gasteiger partial charge < -0.3 is 34.4 Å². The molecule has 2 bridgehead atoms. The molecule has 3 amide bonds. The fourth-order valence-electron chi connectivity index (χ4n) is 7.76. The lowest BCUT2D eigenvalue weighted by atomic mass is 9.70. The highest BCUT2D eigenvalue weighted by Gasteiger charge is 2.78. The molecule has 1 aromatic rings. The van der Waals surface area contributed by atoms with Crippen LogP contribution in [0.4, 0.5) is 0 Å². The summed E-state index contributed by atoms with van der Waals surface area (Å²) >= 11 is 3.73. The molecule has 0 saturated carbocycles. The Bertz CT molecular complexity index is 1360. The maximum atomic E-state index is 14.8. The number of nitrogens with zero attached hydrogens (tertiary/aromatic N) is 2. The Balaban J connectivity index is 1.78.